The number of piperazine rings is 1. The fraction of sp³-hybridized carbons (Fsp3) is 0.474. The molecule has 2 N–H and O–H groups in total. The number of likely N-dealkylation sites (N-methyl/N-ethyl adjacent to an activating group) is 1. The van der Waals surface area contributed by atoms with E-state index in [1.54, 1.807) is 41.0 Å². The number of nitrogens with zero attached hydrogens (tertiary/aromatic N) is 2. The summed E-state index contributed by atoms with van der Waals surface area (Å²) in [6.45, 7) is 7.00. The van der Waals surface area contributed by atoms with E-state index in [0.717, 1.165) is 0 Å². The Bertz CT molecular complexity index is 809. The van der Waals surface area contributed by atoms with Crippen molar-refractivity contribution in [3.63, 3.8) is 0 Å². The van der Waals surface area contributed by atoms with Crippen LogP contribution in [0.1, 0.15) is 43.1 Å². The molecule has 2 saturated heterocycles. The first kappa shape index (κ1) is 18.9. The summed E-state index contributed by atoms with van der Waals surface area (Å²) in [7, 11) is 0. The third-order valence-electron chi connectivity index (χ3n) is 5.34. The molecule has 1 aromatic rings. The molecule has 2 heterocycles. The van der Waals surface area contributed by atoms with Gasteiger partial charge in [0.2, 0.25) is 5.91 Å². The zero-order valence-electron chi connectivity index (χ0n) is 15.7. The molecule has 27 heavy (non-hydrogen) atoms. The fourth-order valence-corrected chi connectivity index (χ4v) is 3.67. The number of rotatable bonds is 4. The normalized spacial score (nSPS) is 25.4. The van der Waals surface area contributed by atoms with Crippen LogP contribution in [0.4, 0.5) is 4.79 Å². The smallest absolute Gasteiger partial charge is 0.322 e. The van der Waals surface area contributed by atoms with Crippen LogP contribution in [0.15, 0.2) is 24.3 Å². The maximum atomic E-state index is 13.1. The Balaban J connectivity index is 1.89. The van der Waals surface area contributed by atoms with Gasteiger partial charge in [0, 0.05) is 25.2 Å². The topological polar surface area (TPSA) is 98.8 Å². The van der Waals surface area contributed by atoms with Gasteiger partial charge >= 0.3 is 6.03 Å². The fourth-order valence-electron chi connectivity index (χ4n) is 3.67. The van der Waals surface area contributed by atoms with Gasteiger partial charge in [0.15, 0.2) is 0 Å². The van der Waals surface area contributed by atoms with Crippen molar-refractivity contribution in [2.45, 2.75) is 38.8 Å². The molecule has 3 rings (SSSR count). The lowest BCUT2D eigenvalue weighted by Gasteiger charge is -2.40. The predicted octanol–water partition coefficient (Wildman–Crippen LogP) is 0.824. The number of benzene rings is 1. The SMILES string of the molecule is CCC1C(=O)N(CC)CCN1C(=O)c1cccc(C2(C)NC(=O)NC2=O)c1. The lowest BCUT2D eigenvalue weighted by atomic mass is 9.90. The second-order valence-electron chi connectivity index (χ2n) is 6.95. The van der Waals surface area contributed by atoms with Crippen LogP contribution in [0.25, 0.3) is 0 Å². The molecule has 2 fully saturated rings. The Kier molecular flexibility index (Phi) is 4.91. The van der Waals surface area contributed by atoms with Gasteiger partial charge in [-0.05, 0) is 38.0 Å². The number of amides is 5. The zero-order valence-corrected chi connectivity index (χ0v) is 15.7. The van der Waals surface area contributed by atoms with Crippen LogP contribution in [-0.4, -0.2) is 59.2 Å². The molecule has 2 atom stereocenters. The van der Waals surface area contributed by atoms with E-state index in [1.165, 1.54) is 0 Å². The van der Waals surface area contributed by atoms with Crippen molar-refractivity contribution in [3.8, 4) is 0 Å². The Labute approximate surface area is 157 Å². The van der Waals surface area contributed by atoms with Crippen LogP contribution in [-0.2, 0) is 15.1 Å². The molecule has 0 spiro atoms. The molecule has 8 heteroatoms. The van der Waals surface area contributed by atoms with E-state index < -0.39 is 23.5 Å². The first-order valence-electron chi connectivity index (χ1n) is 9.15. The van der Waals surface area contributed by atoms with Crippen LogP contribution < -0.4 is 10.6 Å². The summed E-state index contributed by atoms with van der Waals surface area (Å²) >= 11 is 0. The van der Waals surface area contributed by atoms with Gasteiger partial charge in [0.05, 0.1) is 0 Å². The molecule has 2 unspecified atom stereocenters. The van der Waals surface area contributed by atoms with Crippen molar-refractivity contribution < 1.29 is 19.2 Å². The monoisotopic (exact) mass is 372 g/mol. The molecule has 0 bridgehead atoms. The molecular formula is C19H24N4O4. The van der Waals surface area contributed by atoms with Crippen LogP contribution in [0.5, 0.6) is 0 Å². The summed E-state index contributed by atoms with van der Waals surface area (Å²) < 4.78 is 0. The van der Waals surface area contributed by atoms with E-state index in [0.29, 0.717) is 37.2 Å². The quantitative estimate of drug-likeness (QED) is 0.765. The minimum atomic E-state index is -1.23. The van der Waals surface area contributed by atoms with Gasteiger partial charge in [-0.25, -0.2) is 4.79 Å². The Morgan fingerprint density at radius 1 is 1.22 bits per heavy atom. The minimum absolute atomic E-state index is 0.0369. The number of imide groups is 1. The van der Waals surface area contributed by atoms with E-state index in [9.17, 15) is 19.2 Å². The van der Waals surface area contributed by atoms with Crippen LogP contribution >= 0.6 is 0 Å². The first-order valence-corrected chi connectivity index (χ1v) is 9.15. The van der Waals surface area contributed by atoms with Crippen LogP contribution in [0, 0.1) is 0 Å². The highest BCUT2D eigenvalue weighted by molar-refractivity contribution is 6.07. The largest absolute Gasteiger partial charge is 0.339 e. The molecule has 0 saturated carbocycles. The van der Waals surface area contributed by atoms with E-state index >= 15 is 0 Å². The van der Waals surface area contributed by atoms with E-state index in [2.05, 4.69) is 10.6 Å². The lowest BCUT2D eigenvalue weighted by molar-refractivity contribution is -0.140. The summed E-state index contributed by atoms with van der Waals surface area (Å²) in [4.78, 5) is 52.7. The maximum Gasteiger partial charge on any atom is 0.322 e. The summed E-state index contributed by atoms with van der Waals surface area (Å²) in [5.74, 6) is -0.749. The zero-order chi connectivity index (χ0) is 19.8. The molecule has 5 amide bonds. The molecule has 0 aromatic heterocycles. The summed E-state index contributed by atoms with van der Waals surface area (Å²) in [5.41, 5.74) is -0.323. The van der Waals surface area contributed by atoms with Crippen molar-refractivity contribution >= 4 is 23.8 Å². The summed E-state index contributed by atoms with van der Waals surface area (Å²) in [6, 6.07) is 5.59. The van der Waals surface area contributed by atoms with Gasteiger partial charge in [-0.1, -0.05) is 19.1 Å². The molecule has 2 aliphatic rings. The molecule has 0 radical (unpaired) electrons. The average molecular weight is 372 g/mol. The minimum Gasteiger partial charge on any atom is -0.339 e. The van der Waals surface area contributed by atoms with E-state index in [1.807, 2.05) is 13.8 Å². The van der Waals surface area contributed by atoms with Gasteiger partial charge in [0.25, 0.3) is 11.8 Å². The van der Waals surface area contributed by atoms with Crippen LogP contribution in [0.3, 0.4) is 0 Å². The Hall–Kier alpha value is -2.90. The highest BCUT2D eigenvalue weighted by Crippen LogP contribution is 2.26. The number of hydrogen-bond acceptors (Lipinski definition) is 4. The van der Waals surface area contributed by atoms with Crippen molar-refractivity contribution in [3.05, 3.63) is 35.4 Å². The predicted molar refractivity (Wildman–Crippen MR) is 97.8 cm³/mol. The van der Waals surface area contributed by atoms with Crippen molar-refractivity contribution in [2.75, 3.05) is 19.6 Å². The molecule has 8 nitrogen and oxygen atoms in total. The first-order chi connectivity index (χ1) is 12.8. The summed E-state index contributed by atoms with van der Waals surface area (Å²) in [6.07, 6.45) is 0.539. The van der Waals surface area contributed by atoms with Crippen molar-refractivity contribution in [2.24, 2.45) is 0 Å². The highest BCUT2D eigenvalue weighted by atomic mass is 16.2. The molecule has 0 aliphatic carbocycles. The lowest BCUT2D eigenvalue weighted by Crippen LogP contribution is -2.58. The second-order valence-corrected chi connectivity index (χ2v) is 6.95. The third kappa shape index (κ3) is 3.15. The van der Waals surface area contributed by atoms with Crippen molar-refractivity contribution in [1.29, 1.82) is 0 Å². The Morgan fingerprint density at radius 2 is 1.96 bits per heavy atom. The number of hydrogen-bond donors (Lipinski definition) is 2. The number of carbonyl (C=O) groups is 4. The van der Waals surface area contributed by atoms with Gasteiger partial charge in [-0.3, -0.25) is 19.7 Å². The third-order valence-corrected chi connectivity index (χ3v) is 5.34. The van der Waals surface area contributed by atoms with E-state index in [-0.39, 0.29) is 11.8 Å². The highest BCUT2D eigenvalue weighted by Gasteiger charge is 2.44. The second kappa shape index (κ2) is 7.02. The van der Waals surface area contributed by atoms with Gasteiger partial charge < -0.3 is 15.1 Å². The number of urea groups is 1. The standard InChI is InChI=1S/C19H24N4O4/c1-4-14-16(25)22(5-2)9-10-23(14)15(24)12-7-6-8-13(11-12)19(3)17(26)20-18(27)21-19/h6-8,11,14H,4-5,9-10H2,1-3H3,(H2,20,21,26,27). The number of carbonyl (C=O) groups excluding carboxylic acids is 4. The summed E-state index contributed by atoms with van der Waals surface area (Å²) in [5, 5.41) is 4.81. The molecule has 1 aromatic carbocycles. The molecule has 2 aliphatic heterocycles. The Morgan fingerprint density at radius 3 is 2.56 bits per heavy atom. The van der Waals surface area contributed by atoms with Crippen molar-refractivity contribution in [1.82, 2.24) is 20.4 Å². The maximum absolute atomic E-state index is 13.1. The van der Waals surface area contributed by atoms with Crippen LogP contribution in [0.2, 0.25) is 0 Å². The molecular weight excluding hydrogens is 348 g/mol. The number of nitrogens with one attached hydrogen (secondary N) is 2. The average Bonchev–Trinajstić information content (AvgIpc) is 2.93. The molecule has 144 valence electrons. The van der Waals surface area contributed by atoms with Gasteiger partial charge in [0.1, 0.15) is 11.6 Å². The van der Waals surface area contributed by atoms with E-state index in [4.69, 9.17) is 0 Å². The van der Waals surface area contributed by atoms with Gasteiger partial charge in [-0.2, -0.15) is 0 Å². The van der Waals surface area contributed by atoms with Gasteiger partial charge in [-0.15, -0.1) is 0 Å².